The third kappa shape index (κ3) is 26.2. The first-order valence-electron chi connectivity index (χ1n) is 13.4. The van der Waals surface area contributed by atoms with Crippen molar-refractivity contribution in [2.45, 2.75) is 167 Å². The van der Waals surface area contributed by atoms with Gasteiger partial charge in [0.25, 0.3) is 0 Å². The monoisotopic (exact) mass is 396 g/mol. The third-order valence-corrected chi connectivity index (χ3v) is 6.91. The Hall–Kier alpha value is 0.217. The summed E-state index contributed by atoms with van der Waals surface area (Å²) < 4.78 is 0. The molecule has 0 rings (SSSR count). The molecule has 0 nitrogen and oxygen atoms in total. The second-order valence-electron chi connectivity index (χ2n) is 9.13. The Morgan fingerprint density at radius 3 is 0.667 bits per heavy atom. The molecule has 0 atom stereocenters. The van der Waals surface area contributed by atoms with Gasteiger partial charge in [0.05, 0.1) is 0 Å². The zero-order valence-electron chi connectivity index (χ0n) is 19.7. The Balaban J connectivity index is 2.95. The molecule has 0 bridgehead atoms. The normalized spacial score (nSPS) is 11.4. The van der Waals surface area contributed by atoms with Crippen molar-refractivity contribution in [3.05, 3.63) is 0 Å². The van der Waals surface area contributed by atoms with Crippen molar-refractivity contribution >= 4 is 10.2 Å². The highest BCUT2D eigenvalue weighted by molar-refractivity contribution is 6.08. The van der Waals surface area contributed by atoms with Crippen LogP contribution in [0.1, 0.15) is 161 Å². The van der Waals surface area contributed by atoms with Gasteiger partial charge in [0.2, 0.25) is 0 Å². The van der Waals surface area contributed by atoms with E-state index in [1.54, 1.807) is 0 Å². The summed E-state index contributed by atoms with van der Waals surface area (Å²) in [7, 11) is 1.41. The van der Waals surface area contributed by atoms with Crippen molar-refractivity contribution in [2.75, 3.05) is 0 Å². The Morgan fingerprint density at radius 2 is 0.481 bits per heavy atom. The number of hydrogen-bond acceptors (Lipinski definition) is 0. The third-order valence-electron chi connectivity index (χ3n) is 6.21. The summed E-state index contributed by atoms with van der Waals surface area (Å²) in [5, 5.41) is 0. The molecule has 0 aliphatic heterocycles. The smallest absolute Gasteiger partial charge is 0.00279 e. The largest absolute Gasteiger partial charge is 0.0658 e. The van der Waals surface area contributed by atoms with Gasteiger partial charge in [0.1, 0.15) is 0 Å². The van der Waals surface area contributed by atoms with Gasteiger partial charge in [-0.1, -0.05) is 167 Å². The van der Waals surface area contributed by atoms with Gasteiger partial charge in [-0.3, -0.25) is 0 Å². The van der Waals surface area contributed by atoms with Crippen molar-refractivity contribution < 1.29 is 0 Å². The van der Waals surface area contributed by atoms with Gasteiger partial charge >= 0.3 is 0 Å². The van der Waals surface area contributed by atoms with Gasteiger partial charge in [0.15, 0.2) is 0 Å². The SMILES string of the molecule is CCCCCCCCCCCCCCCCCCCCCCCCCC[SiH3]. The molecule has 0 aromatic carbocycles. The molecule has 0 heterocycles. The molecule has 0 fully saturated rings. The first kappa shape index (κ1) is 27.2. The van der Waals surface area contributed by atoms with Gasteiger partial charge < -0.3 is 0 Å². The summed E-state index contributed by atoms with van der Waals surface area (Å²) in [6.45, 7) is 2.30. The first-order valence-corrected chi connectivity index (χ1v) is 14.8. The van der Waals surface area contributed by atoms with Gasteiger partial charge in [-0.25, -0.2) is 0 Å². The summed E-state index contributed by atoms with van der Waals surface area (Å²) in [4.78, 5) is 0. The predicted octanol–water partition coefficient (Wildman–Crippen LogP) is 9.15. The summed E-state index contributed by atoms with van der Waals surface area (Å²) in [5.74, 6) is 0. The predicted molar refractivity (Wildman–Crippen MR) is 131 cm³/mol. The van der Waals surface area contributed by atoms with Crippen LogP contribution in [0.4, 0.5) is 0 Å². The van der Waals surface area contributed by atoms with Crippen LogP contribution < -0.4 is 0 Å². The van der Waals surface area contributed by atoms with E-state index in [0.717, 1.165) is 0 Å². The Kier molecular flexibility index (Phi) is 26.4. The van der Waals surface area contributed by atoms with E-state index in [9.17, 15) is 0 Å². The van der Waals surface area contributed by atoms with Crippen LogP contribution in [0.5, 0.6) is 0 Å². The van der Waals surface area contributed by atoms with E-state index in [4.69, 9.17) is 0 Å². The first-order chi connectivity index (χ1) is 13.4. The maximum atomic E-state index is 2.30. The fourth-order valence-electron chi connectivity index (χ4n) is 4.21. The maximum Gasteiger partial charge on any atom is 0.00279 e. The lowest BCUT2D eigenvalue weighted by molar-refractivity contribution is 0.518. The van der Waals surface area contributed by atoms with E-state index in [0.29, 0.717) is 0 Å². The standard InChI is InChI=1S/C26H56Si/c1-2-3-4-5-6-7-8-9-10-11-12-13-14-15-16-17-18-19-20-21-22-23-24-25-26-27/h2-26H2,1,27H3. The minimum absolute atomic E-state index is 1.38. The van der Waals surface area contributed by atoms with Crippen LogP contribution in [-0.4, -0.2) is 10.2 Å². The van der Waals surface area contributed by atoms with Crippen molar-refractivity contribution in [3.8, 4) is 0 Å². The molecular weight excluding hydrogens is 340 g/mol. The molecule has 0 saturated heterocycles. The molecule has 0 N–H and O–H groups in total. The quantitative estimate of drug-likeness (QED) is 0.113. The van der Waals surface area contributed by atoms with Crippen molar-refractivity contribution in [2.24, 2.45) is 0 Å². The molecule has 0 aromatic rings. The number of unbranched alkanes of at least 4 members (excludes halogenated alkanes) is 23. The van der Waals surface area contributed by atoms with Crippen LogP contribution in [0.15, 0.2) is 0 Å². The van der Waals surface area contributed by atoms with Gasteiger partial charge in [-0.2, -0.15) is 0 Å². The average molecular weight is 397 g/mol. The molecule has 0 aromatic heterocycles. The molecule has 0 radical (unpaired) electrons. The van der Waals surface area contributed by atoms with E-state index in [-0.39, 0.29) is 0 Å². The second kappa shape index (κ2) is 26.2. The van der Waals surface area contributed by atoms with Crippen LogP contribution >= 0.6 is 0 Å². The van der Waals surface area contributed by atoms with E-state index < -0.39 is 0 Å². The van der Waals surface area contributed by atoms with E-state index >= 15 is 0 Å². The lowest BCUT2D eigenvalue weighted by Gasteiger charge is -2.04. The molecule has 0 unspecified atom stereocenters. The van der Waals surface area contributed by atoms with Crippen molar-refractivity contribution in [3.63, 3.8) is 0 Å². The van der Waals surface area contributed by atoms with E-state index in [2.05, 4.69) is 6.92 Å². The minimum atomic E-state index is 1.38. The molecule has 1 heteroatoms. The molecule has 0 aliphatic carbocycles. The molecule has 0 amide bonds. The fraction of sp³-hybridized carbons (Fsp3) is 1.00. The lowest BCUT2D eigenvalue weighted by atomic mass is 10.0. The van der Waals surface area contributed by atoms with E-state index in [1.165, 1.54) is 170 Å². The highest BCUT2D eigenvalue weighted by Gasteiger charge is 1.95. The molecule has 0 aliphatic rings. The highest BCUT2D eigenvalue weighted by Crippen LogP contribution is 2.15. The average Bonchev–Trinajstić information content (AvgIpc) is 2.68. The Labute approximate surface area is 177 Å². The topological polar surface area (TPSA) is 0 Å². The Morgan fingerprint density at radius 1 is 0.296 bits per heavy atom. The zero-order chi connectivity index (χ0) is 19.7. The minimum Gasteiger partial charge on any atom is -0.0658 e. The van der Waals surface area contributed by atoms with Crippen LogP contribution in [0.2, 0.25) is 6.04 Å². The number of rotatable bonds is 24. The Bertz CT molecular complexity index is 214. The number of hydrogen-bond donors (Lipinski definition) is 0. The molecule has 0 saturated carbocycles. The summed E-state index contributed by atoms with van der Waals surface area (Å²) in [6, 6.07) is 1.51. The van der Waals surface area contributed by atoms with Crippen molar-refractivity contribution in [1.29, 1.82) is 0 Å². The molecule has 27 heavy (non-hydrogen) atoms. The zero-order valence-corrected chi connectivity index (χ0v) is 21.7. The summed E-state index contributed by atoms with van der Waals surface area (Å²) in [5.41, 5.74) is 0. The lowest BCUT2D eigenvalue weighted by Crippen LogP contribution is -1.84. The van der Waals surface area contributed by atoms with Gasteiger partial charge in [-0.15, -0.1) is 0 Å². The highest BCUT2D eigenvalue weighted by atomic mass is 28.1. The van der Waals surface area contributed by atoms with Gasteiger partial charge in [0, 0.05) is 10.2 Å². The van der Waals surface area contributed by atoms with Crippen LogP contribution in [-0.2, 0) is 0 Å². The van der Waals surface area contributed by atoms with Crippen LogP contribution in [0.3, 0.4) is 0 Å². The second-order valence-corrected chi connectivity index (χ2v) is 10.1. The summed E-state index contributed by atoms with van der Waals surface area (Å²) in [6.07, 6.45) is 35.7. The molecular formula is C26H56Si. The summed E-state index contributed by atoms with van der Waals surface area (Å²) >= 11 is 0. The van der Waals surface area contributed by atoms with Crippen LogP contribution in [0, 0.1) is 0 Å². The fourth-order valence-corrected chi connectivity index (χ4v) is 4.71. The molecule has 164 valence electrons. The van der Waals surface area contributed by atoms with Gasteiger partial charge in [-0.05, 0) is 0 Å². The van der Waals surface area contributed by atoms with Crippen molar-refractivity contribution in [1.82, 2.24) is 0 Å². The molecule has 0 spiro atoms. The maximum absolute atomic E-state index is 2.30. The van der Waals surface area contributed by atoms with E-state index in [1.807, 2.05) is 0 Å². The van der Waals surface area contributed by atoms with Crippen LogP contribution in [0.25, 0.3) is 0 Å².